The van der Waals surface area contributed by atoms with E-state index in [1.54, 1.807) is 43.4 Å². The molecule has 0 saturated carbocycles. The van der Waals surface area contributed by atoms with Gasteiger partial charge in [0.05, 0.1) is 6.42 Å². The highest BCUT2D eigenvalue weighted by Gasteiger charge is 2.27. The van der Waals surface area contributed by atoms with Gasteiger partial charge in [0.15, 0.2) is 0 Å². The Hall–Kier alpha value is -2.05. The van der Waals surface area contributed by atoms with Crippen molar-refractivity contribution in [3.63, 3.8) is 0 Å². The highest BCUT2D eigenvalue weighted by molar-refractivity contribution is 5.92. The highest BCUT2D eigenvalue weighted by Crippen LogP contribution is 2.13. The Morgan fingerprint density at radius 1 is 1.14 bits per heavy atom. The normalized spacial score (nSPS) is 11.3. The number of carbonyl (C=O) groups is 2. The Morgan fingerprint density at radius 2 is 1.71 bits per heavy atom. The van der Waals surface area contributed by atoms with E-state index >= 15 is 0 Å². The second-order valence-corrected chi connectivity index (χ2v) is 4.91. The van der Waals surface area contributed by atoms with Crippen molar-refractivity contribution in [3.8, 4) is 0 Å². The minimum Gasteiger partial charge on any atom is -0.347 e. The monoisotopic (exact) mass is 302 g/mol. The number of halogens is 3. The van der Waals surface area contributed by atoms with Crippen LogP contribution in [-0.4, -0.2) is 24.5 Å². The van der Waals surface area contributed by atoms with Crippen LogP contribution in [0.5, 0.6) is 0 Å². The predicted octanol–water partition coefficient (Wildman–Crippen LogP) is 2.50. The van der Waals surface area contributed by atoms with Crippen molar-refractivity contribution in [1.29, 1.82) is 0 Å². The summed E-state index contributed by atoms with van der Waals surface area (Å²) in [6.45, 7) is 2.18. The lowest BCUT2D eigenvalue weighted by Gasteiger charge is -2.10. The van der Waals surface area contributed by atoms with E-state index in [-0.39, 0.29) is 18.2 Å². The second kappa shape index (κ2) is 7.10. The molecule has 4 nitrogen and oxygen atoms in total. The molecule has 0 atom stereocenters. The average molecular weight is 302 g/mol. The van der Waals surface area contributed by atoms with E-state index in [1.165, 1.54) is 0 Å². The van der Waals surface area contributed by atoms with Crippen LogP contribution in [0.4, 0.5) is 18.9 Å². The van der Waals surface area contributed by atoms with Gasteiger partial charge in [0.2, 0.25) is 11.8 Å². The number of anilines is 1. The summed E-state index contributed by atoms with van der Waals surface area (Å²) in [5, 5.41) is 4.48. The lowest BCUT2D eigenvalue weighted by atomic mass is 10.1. The van der Waals surface area contributed by atoms with Crippen molar-refractivity contribution in [2.45, 2.75) is 26.4 Å². The van der Waals surface area contributed by atoms with Crippen LogP contribution in [0.25, 0.3) is 0 Å². The minimum atomic E-state index is -4.42. The van der Waals surface area contributed by atoms with Gasteiger partial charge in [0, 0.05) is 11.6 Å². The Kier molecular flexibility index (Phi) is 5.75. The van der Waals surface area contributed by atoms with Crippen LogP contribution >= 0.6 is 0 Å². The van der Waals surface area contributed by atoms with E-state index in [0.717, 1.165) is 0 Å². The van der Waals surface area contributed by atoms with E-state index in [4.69, 9.17) is 0 Å². The topological polar surface area (TPSA) is 58.2 Å². The van der Waals surface area contributed by atoms with Gasteiger partial charge >= 0.3 is 6.18 Å². The highest BCUT2D eigenvalue weighted by atomic mass is 19.4. The molecule has 0 unspecified atom stereocenters. The fourth-order valence-corrected chi connectivity index (χ4v) is 1.44. The zero-order chi connectivity index (χ0) is 16.0. The lowest BCUT2D eigenvalue weighted by Crippen LogP contribution is -2.34. The predicted molar refractivity (Wildman–Crippen MR) is 72.7 cm³/mol. The van der Waals surface area contributed by atoms with Gasteiger partial charge < -0.3 is 10.6 Å². The number of amides is 2. The molecule has 0 spiro atoms. The first-order valence-electron chi connectivity index (χ1n) is 6.40. The van der Waals surface area contributed by atoms with Gasteiger partial charge in [-0.15, -0.1) is 0 Å². The maximum atomic E-state index is 11.9. The summed E-state index contributed by atoms with van der Waals surface area (Å²) in [7, 11) is 0. The van der Waals surface area contributed by atoms with Crippen molar-refractivity contribution in [3.05, 3.63) is 29.8 Å². The van der Waals surface area contributed by atoms with Gasteiger partial charge in [0.1, 0.15) is 6.54 Å². The summed E-state index contributed by atoms with van der Waals surface area (Å²) in [5.74, 6) is -0.991. The van der Waals surface area contributed by atoms with Gasteiger partial charge in [-0.3, -0.25) is 9.59 Å². The summed E-state index contributed by atoms with van der Waals surface area (Å²) in [5.41, 5.74) is 1.14. The molecule has 0 saturated heterocycles. The lowest BCUT2D eigenvalue weighted by molar-refractivity contribution is -0.138. The molecule has 0 radical (unpaired) electrons. The van der Waals surface area contributed by atoms with Gasteiger partial charge in [-0.25, -0.2) is 0 Å². The zero-order valence-electron chi connectivity index (χ0n) is 11.8. The summed E-state index contributed by atoms with van der Waals surface area (Å²) in [6.07, 6.45) is -4.56. The van der Waals surface area contributed by atoms with Crippen LogP contribution in [0.2, 0.25) is 0 Å². The van der Waals surface area contributed by atoms with Crippen molar-refractivity contribution in [2.75, 3.05) is 11.9 Å². The Balaban J connectivity index is 2.51. The molecule has 2 N–H and O–H groups in total. The quantitative estimate of drug-likeness (QED) is 0.878. The second-order valence-electron chi connectivity index (χ2n) is 4.91. The molecule has 0 aliphatic rings. The molecule has 0 bridgehead atoms. The number of nitrogens with one attached hydrogen (secondary N) is 2. The summed E-state index contributed by atoms with van der Waals surface area (Å²) in [4.78, 5) is 22.8. The van der Waals surface area contributed by atoms with Crippen LogP contribution in [0, 0.1) is 5.92 Å². The third kappa shape index (κ3) is 6.78. The molecule has 0 fully saturated rings. The summed E-state index contributed by atoms with van der Waals surface area (Å²) < 4.78 is 35.8. The molecule has 0 aliphatic heterocycles. The summed E-state index contributed by atoms with van der Waals surface area (Å²) in [6, 6.07) is 6.38. The molecule has 1 aromatic rings. The minimum absolute atomic E-state index is 0.134. The van der Waals surface area contributed by atoms with Crippen molar-refractivity contribution >= 4 is 17.5 Å². The Labute approximate surface area is 120 Å². The van der Waals surface area contributed by atoms with E-state index in [2.05, 4.69) is 5.32 Å². The zero-order valence-corrected chi connectivity index (χ0v) is 11.8. The SMILES string of the molecule is CC(C)C(=O)Nc1ccc(CC(=O)NCC(F)(F)F)cc1. The van der Waals surface area contributed by atoms with Gasteiger partial charge in [-0.1, -0.05) is 26.0 Å². The van der Waals surface area contributed by atoms with Gasteiger partial charge in [0.25, 0.3) is 0 Å². The molecule has 1 rings (SSSR count). The molecular weight excluding hydrogens is 285 g/mol. The van der Waals surface area contributed by atoms with Crippen LogP contribution < -0.4 is 10.6 Å². The summed E-state index contributed by atoms with van der Waals surface area (Å²) >= 11 is 0. The van der Waals surface area contributed by atoms with E-state index < -0.39 is 18.6 Å². The number of benzene rings is 1. The van der Waals surface area contributed by atoms with E-state index in [9.17, 15) is 22.8 Å². The number of hydrogen-bond acceptors (Lipinski definition) is 2. The number of rotatable bonds is 5. The molecule has 7 heteroatoms. The van der Waals surface area contributed by atoms with Crippen LogP contribution in [0.1, 0.15) is 19.4 Å². The van der Waals surface area contributed by atoms with E-state index in [1.807, 2.05) is 0 Å². The Morgan fingerprint density at radius 3 is 2.19 bits per heavy atom. The van der Waals surface area contributed by atoms with Gasteiger partial charge in [-0.2, -0.15) is 13.2 Å². The smallest absolute Gasteiger partial charge is 0.347 e. The van der Waals surface area contributed by atoms with Crippen LogP contribution in [-0.2, 0) is 16.0 Å². The average Bonchev–Trinajstić information content (AvgIpc) is 2.38. The third-order valence-electron chi connectivity index (χ3n) is 2.60. The molecule has 2 amide bonds. The number of carbonyl (C=O) groups excluding carboxylic acids is 2. The first-order chi connectivity index (χ1) is 9.67. The first-order valence-corrected chi connectivity index (χ1v) is 6.40. The van der Waals surface area contributed by atoms with Crippen molar-refractivity contribution in [2.24, 2.45) is 5.92 Å². The molecule has 1 aromatic carbocycles. The number of hydrogen-bond donors (Lipinski definition) is 2. The maximum absolute atomic E-state index is 11.9. The van der Waals surface area contributed by atoms with Crippen LogP contribution in [0.3, 0.4) is 0 Å². The van der Waals surface area contributed by atoms with Crippen LogP contribution in [0.15, 0.2) is 24.3 Å². The molecular formula is C14H17F3N2O2. The van der Waals surface area contributed by atoms with Crippen molar-refractivity contribution in [1.82, 2.24) is 5.32 Å². The fraction of sp³-hybridized carbons (Fsp3) is 0.429. The molecule has 0 aromatic heterocycles. The Bertz CT molecular complexity index is 496. The first kappa shape index (κ1) is 17.0. The fourth-order valence-electron chi connectivity index (χ4n) is 1.44. The van der Waals surface area contributed by atoms with E-state index in [0.29, 0.717) is 11.3 Å². The largest absolute Gasteiger partial charge is 0.405 e. The van der Waals surface area contributed by atoms with Gasteiger partial charge in [-0.05, 0) is 17.7 Å². The molecule has 0 aliphatic carbocycles. The molecule has 0 heterocycles. The third-order valence-corrected chi connectivity index (χ3v) is 2.60. The molecule has 21 heavy (non-hydrogen) atoms. The molecule has 116 valence electrons. The standard InChI is InChI=1S/C14H17F3N2O2/c1-9(2)13(21)19-11-5-3-10(4-6-11)7-12(20)18-8-14(15,16)17/h3-6,9H,7-8H2,1-2H3,(H,18,20)(H,19,21). The number of alkyl halides is 3. The maximum Gasteiger partial charge on any atom is 0.405 e. The van der Waals surface area contributed by atoms with Crippen molar-refractivity contribution < 1.29 is 22.8 Å².